The van der Waals surface area contributed by atoms with Crippen molar-refractivity contribution < 1.29 is 18.8 Å². The highest BCUT2D eigenvalue weighted by molar-refractivity contribution is 5.82. The molecule has 2 heterocycles. The van der Waals surface area contributed by atoms with Gasteiger partial charge in [-0.1, -0.05) is 41.5 Å². The predicted molar refractivity (Wildman–Crippen MR) is 116 cm³/mol. The molecule has 2 aromatic rings. The quantitative estimate of drug-likeness (QED) is 0.714. The van der Waals surface area contributed by atoms with E-state index in [2.05, 4.69) is 10.6 Å². The standard InChI is InChI=1S/C23H35N3O4/c1-15-11-12-19(30-15)17(25-21(28)23(6,7)8)14-29-26-13-9-10-18(26)16(2)24-20(27)22(3,4)5/h9-13,16-17H,14H2,1-8H3,(H,24,27)(H,25,28). The van der Waals surface area contributed by atoms with Gasteiger partial charge < -0.3 is 19.9 Å². The highest BCUT2D eigenvalue weighted by Crippen LogP contribution is 2.21. The Morgan fingerprint density at radius 1 is 1.03 bits per heavy atom. The number of amides is 2. The Labute approximate surface area is 179 Å². The average molecular weight is 418 g/mol. The second-order valence-corrected chi connectivity index (χ2v) is 9.72. The van der Waals surface area contributed by atoms with E-state index in [-0.39, 0.29) is 24.5 Å². The van der Waals surface area contributed by atoms with Crippen molar-refractivity contribution in [3.8, 4) is 0 Å². The molecule has 0 saturated heterocycles. The molecule has 2 amide bonds. The van der Waals surface area contributed by atoms with Gasteiger partial charge in [0.2, 0.25) is 11.8 Å². The average Bonchev–Trinajstić information content (AvgIpc) is 3.25. The van der Waals surface area contributed by atoms with Gasteiger partial charge in [-0.15, -0.1) is 0 Å². The highest BCUT2D eigenvalue weighted by Gasteiger charge is 2.28. The van der Waals surface area contributed by atoms with Crippen LogP contribution in [0.3, 0.4) is 0 Å². The topological polar surface area (TPSA) is 85.5 Å². The van der Waals surface area contributed by atoms with Crippen LogP contribution < -0.4 is 15.5 Å². The number of carbonyl (C=O) groups excluding carboxylic acids is 2. The summed E-state index contributed by atoms with van der Waals surface area (Å²) in [4.78, 5) is 30.9. The maximum atomic E-state index is 12.5. The predicted octanol–water partition coefficient (Wildman–Crippen LogP) is 3.95. The van der Waals surface area contributed by atoms with Gasteiger partial charge in [-0.05, 0) is 38.1 Å². The molecule has 0 aliphatic carbocycles. The van der Waals surface area contributed by atoms with Crippen LogP contribution in [0, 0.1) is 17.8 Å². The molecule has 166 valence electrons. The maximum absolute atomic E-state index is 12.5. The highest BCUT2D eigenvalue weighted by atomic mass is 16.7. The monoisotopic (exact) mass is 417 g/mol. The number of aryl methyl sites for hydroxylation is 1. The molecule has 2 rings (SSSR count). The van der Waals surface area contributed by atoms with Crippen LogP contribution in [0.2, 0.25) is 0 Å². The van der Waals surface area contributed by atoms with Crippen LogP contribution >= 0.6 is 0 Å². The first-order valence-corrected chi connectivity index (χ1v) is 10.3. The summed E-state index contributed by atoms with van der Waals surface area (Å²) in [6.07, 6.45) is 1.78. The normalized spacial score (nSPS) is 14.1. The smallest absolute Gasteiger partial charge is 0.226 e. The van der Waals surface area contributed by atoms with Crippen molar-refractivity contribution in [1.29, 1.82) is 0 Å². The van der Waals surface area contributed by atoms with Crippen molar-refractivity contribution in [2.45, 2.75) is 67.5 Å². The van der Waals surface area contributed by atoms with E-state index in [0.717, 1.165) is 11.5 Å². The number of carbonyl (C=O) groups is 2. The Morgan fingerprint density at radius 3 is 2.17 bits per heavy atom. The van der Waals surface area contributed by atoms with Crippen LogP contribution in [-0.2, 0) is 9.59 Å². The summed E-state index contributed by atoms with van der Waals surface area (Å²) in [7, 11) is 0. The number of hydrogen-bond donors (Lipinski definition) is 2. The molecular weight excluding hydrogens is 382 g/mol. The number of nitrogens with zero attached hydrogens (tertiary/aromatic N) is 1. The molecule has 30 heavy (non-hydrogen) atoms. The minimum atomic E-state index is -0.537. The van der Waals surface area contributed by atoms with E-state index >= 15 is 0 Å². The molecule has 7 heteroatoms. The summed E-state index contributed by atoms with van der Waals surface area (Å²) in [5.74, 6) is 1.26. The largest absolute Gasteiger partial charge is 0.464 e. The third-order valence-electron chi connectivity index (χ3n) is 4.69. The Kier molecular flexibility index (Phi) is 7.06. The summed E-state index contributed by atoms with van der Waals surface area (Å²) in [5.41, 5.74) is -0.208. The zero-order chi connectivity index (χ0) is 22.7. The van der Waals surface area contributed by atoms with Crippen molar-refractivity contribution in [3.63, 3.8) is 0 Å². The van der Waals surface area contributed by atoms with E-state index < -0.39 is 16.9 Å². The van der Waals surface area contributed by atoms with Gasteiger partial charge in [0, 0.05) is 17.0 Å². The van der Waals surface area contributed by atoms with E-state index in [4.69, 9.17) is 9.25 Å². The zero-order valence-corrected chi connectivity index (χ0v) is 19.3. The van der Waals surface area contributed by atoms with Gasteiger partial charge >= 0.3 is 0 Å². The van der Waals surface area contributed by atoms with Crippen molar-refractivity contribution in [1.82, 2.24) is 15.4 Å². The van der Waals surface area contributed by atoms with Gasteiger partial charge in [0.15, 0.2) is 0 Å². The number of hydrogen-bond acceptors (Lipinski definition) is 4. The van der Waals surface area contributed by atoms with Crippen LogP contribution in [0.25, 0.3) is 0 Å². The summed E-state index contributed by atoms with van der Waals surface area (Å²) in [5, 5.41) is 6.02. The van der Waals surface area contributed by atoms with E-state index in [1.54, 1.807) is 10.9 Å². The molecule has 2 aromatic heterocycles. The summed E-state index contributed by atoms with van der Waals surface area (Å²) < 4.78 is 7.36. The summed E-state index contributed by atoms with van der Waals surface area (Å²) in [6.45, 7) is 15.1. The van der Waals surface area contributed by atoms with E-state index in [0.29, 0.717) is 5.76 Å². The third kappa shape index (κ3) is 6.15. The molecule has 0 saturated carbocycles. The molecule has 0 bridgehead atoms. The Hall–Kier alpha value is -2.70. The first-order chi connectivity index (χ1) is 13.8. The molecule has 7 nitrogen and oxygen atoms in total. The lowest BCUT2D eigenvalue weighted by molar-refractivity contribution is -0.130. The SMILES string of the molecule is Cc1ccc(C(COn2cccc2C(C)NC(=O)C(C)(C)C)NC(=O)C(C)(C)C)o1. The van der Waals surface area contributed by atoms with Crippen molar-refractivity contribution in [2.75, 3.05) is 6.61 Å². The molecule has 0 radical (unpaired) electrons. The lowest BCUT2D eigenvalue weighted by Gasteiger charge is -2.25. The second kappa shape index (κ2) is 8.98. The number of nitrogens with one attached hydrogen (secondary N) is 2. The van der Waals surface area contributed by atoms with E-state index in [1.807, 2.05) is 79.7 Å². The molecule has 2 atom stereocenters. The third-order valence-corrected chi connectivity index (χ3v) is 4.69. The summed E-state index contributed by atoms with van der Waals surface area (Å²) >= 11 is 0. The van der Waals surface area contributed by atoms with Gasteiger partial charge in [0.1, 0.15) is 24.2 Å². The van der Waals surface area contributed by atoms with E-state index in [9.17, 15) is 9.59 Å². The van der Waals surface area contributed by atoms with Gasteiger partial charge in [-0.25, -0.2) is 0 Å². The Balaban J connectivity index is 2.13. The summed E-state index contributed by atoms with van der Waals surface area (Å²) in [6, 6.07) is 6.77. The minimum absolute atomic E-state index is 0.0378. The van der Waals surface area contributed by atoms with Crippen molar-refractivity contribution in [2.24, 2.45) is 10.8 Å². The second-order valence-electron chi connectivity index (χ2n) is 9.72. The lowest BCUT2D eigenvalue weighted by atomic mass is 9.95. The van der Waals surface area contributed by atoms with Crippen LogP contribution in [-0.4, -0.2) is 23.2 Å². The van der Waals surface area contributed by atoms with Crippen LogP contribution in [0.5, 0.6) is 0 Å². The minimum Gasteiger partial charge on any atom is -0.464 e. The first-order valence-electron chi connectivity index (χ1n) is 10.3. The molecule has 0 aliphatic heterocycles. The molecule has 0 fully saturated rings. The van der Waals surface area contributed by atoms with Crippen molar-refractivity contribution >= 4 is 11.8 Å². The first kappa shape index (κ1) is 23.6. The van der Waals surface area contributed by atoms with Crippen LogP contribution in [0.4, 0.5) is 0 Å². The molecular formula is C23H35N3O4. The van der Waals surface area contributed by atoms with Crippen LogP contribution in [0.15, 0.2) is 34.9 Å². The zero-order valence-electron chi connectivity index (χ0n) is 19.3. The fourth-order valence-electron chi connectivity index (χ4n) is 2.68. The number of rotatable bonds is 7. The molecule has 0 spiro atoms. The van der Waals surface area contributed by atoms with Gasteiger partial charge in [-0.2, -0.15) is 4.73 Å². The van der Waals surface area contributed by atoms with Gasteiger partial charge in [0.05, 0.1) is 11.7 Å². The molecule has 2 unspecified atom stereocenters. The van der Waals surface area contributed by atoms with Crippen molar-refractivity contribution in [3.05, 3.63) is 47.7 Å². The lowest BCUT2D eigenvalue weighted by Crippen LogP contribution is -2.41. The van der Waals surface area contributed by atoms with Gasteiger partial charge in [0.25, 0.3) is 0 Å². The fourth-order valence-corrected chi connectivity index (χ4v) is 2.68. The number of aromatic nitrogens is 1. The molecule has 0 aromatic carbocycles. The fraction of sp³-hybridized carbons (Fsp3) is 0.565. The van der Waals surface area contributed by atoms with Crippen LogP contribution in [0.1, 0.15) is 77.8 Å². The number of furan rings is 1. The Morgan fingerprint density at radius 2 is 1.63 bits per heavy atom. The van der Waals surface area contributed by atoms with E-state index in [1.165, 1.54) is 0 Å². The Bertz CT molecular complexity index is 868. The van der Waals surface area contributed by atoms with Gasteiger partial charge in [-0.3, -0.25) is 9.59 Å². The molecule has 0 aliphatic rings. The molecule has 2 N–H and O–H groups in total. The maximum Gasteiger partial charge on any atom is 0.226 e.